The average molecular weight is 603 g/mol. The molecule has 1 atom stereocenters. The van der Waals surface area contributed by atoms with Crippen LogP contribution in [0.4, 0.5) is 4.79 Å². The van der Waals surface area contributed by atoms with E-state index in [4.69, 9.17) is 14.8 Å². The van der Waals surface area contributed by atoms with Gasteiger partial charge in [0.1, 0.15) is 11.6 Å². The van der Waals surface area contributed by atoms with Crippen molar-refractivity contribution >= 4 is 21.6 Å². The van der Waals surface area contributed by atoms with Gasteiger partial charge in [0.25, 0.3) is 5.56 Å². The highest BCUT2D eigenvalue weighted by molar-refractivity contribution is 7.89. The largest absolute Gasteiger partial charge is 0.493 e. The summed E-state index contributed by atoms with van der Waals surface area (Å²) < 4.78 is 36.0. The van der Waals surface area contributed by atoms with Gasteiger partial charge in [-0.15, -0.1) is 5.10 Å². The zero-order valence-corrected chi connectivity index (χ0v) is 25.7. The maximum absolute atomic E-state index is 13.6. The molecule has 2 N–H and O–H groups in total. The summed E-state index contributed by atoms with van der Waals surface area (Å²) >= 11 is 0. The van der Waals surface area contributed by atoms with E-state index in [0.717, 1.165) is 32.1 Å². The summed E-state index contributed by atoms with van der Waals surface area (Å²) in [6.07, 6.45) is 5.87. The first-order valence-corrected chi connectivity index (χ1v) is 16.3. The quantitative estimate of drug-likeness (QED) is 0.275. The molecule has 12 nitrogen and oxygen atoms in total. The highest BCUT2D eigenvalue weighted by Crippen LogP contribution is 2.32. The first-order valence-electron chi connectivity index (χ1n) is 14.8. The molecule has 1 fully saturated rings. The number of fused-ring (bicyclic) bond motifs is 1. The summed E-state index contributed by atoms with van der Waals surface area (Å²) in [6, 6.07) is 4.52. The van der Waals surface area contributed by atoms with E-state index in [-0.39, 0.29) is 42.5 Å². The Hall–Kier alpha value is -3.45. The lowest BCUT2D eigenvalue weighted by Gasteiger charge is -2.32. The molecule has 4 rings (SSSR count). The molecule has 0 saturated carbocycles. The predicted molar refractivity (Wildman–Crippen MR) is 160 cm³/mol. The third-order valence-electron chi connectivity index (χ3n) is 7.82. The van der Waals surface area contributed by atoms with E-state index in [9.17, 15) is 23.1 Å². The van der Waals surface area contributed by atoms with Crippen LogP contribution in [0.5, 0.6) is 5.75 Å². The maximum Gasteiger partial charge on any atom is 0.407 e. The van der Waals surface area contributed by atoms with Gasteiger partial charge in [-0.05, 0) is 37.5 Å². The number of hydrogen-bond donors (Lipinski definition) is 2. The van der Waals surface area contributed by atoms with Gasteiger partial charge in [-0.2, -0.15) is 4.31 Å². The molecular formula is C29H42N6O6S. The van der Waals surface area contributed by atoms with Gasteiger partial charge in [0.2, 0.25) is 10.0 Å². The normalized spacial score (nSPS) is 15.3. The number of piperazine rings is 1. The number of aryl methyl sites for hydroxylation is 1. The van der Waals surface area contributed by atoms with Crippen molar-refractivity contribution in [2.75, 3.05) is 32.8 Å². The number of sulfonamides is 1. The first kappa shape index (κ1) is 31.5. The van der Waals surface area contributed by atoms with Crippen molar-refractivity contribution in [3.8, 4) is 17.1 Å². The molecule has 1 saturated heterocycles. The Balaban J connectivity index is 1.75. The van der Waals surface area contributed by atoms with E-state index in [1.165, 1.54) is 27.8 Å². The van der Waals surface area contributed by atoms with Crippen LogP contribution in [0.15, 0.2) is 27.9 Å². The number of carbonyl (C=O) groups is 1. The number of hydrogen-bond acceptors (Lipinski definition) is 7. The van der Waals surface area contributed by atoms with E-state index in [0.29, 0.717) is 47.3 Å². The van der Waals surface area contributed by atoms with Crippen LogP contribution < -0.4 is 10.3 Å². The zero-order valence-electron chi connectivity index (χ0n) is 24.9. The van der Waals surface area contributed by atoms with E-state index >= 15 is 0 Å². The Morgan fingerprint density at radius 1 is 1.12 bits per heavy atom. The number of imidazole rings is 1. The summed E-state index contributed by atoms with van der Waals surface area (Å²) in [5, 5.41) is 14.0. The minimum absolute atomic E-state index is 0.0110. The van der Waals surface area contributed by atoms with E-state index in [1.54, 1.807) is 17.5 Å². The predicted octanol–water partition coefficient (Wildman–Crippen LogP) is 4.32. The van der Waals surface area contributed by atoms with Gasteiger partial charge in [0.05, 0.1) is 22.8 Å². The van der Waals surface area contributed by atoms with Crippen LogP contribution in [0.2, 0.25) is 0 Å². The number of aromatic amines is 1. The second-order valence-electron chi connectivity index (χ2n) is 10.8. The number of nitrogens with zero attached hydrogens (tertiary/aromatic N) is 5. The van der Waals surface area contributed by atoms with E-state index in [1.807, 2.05) is 6.92 Å². The fraction of sp³-hybridized carbons (Fsp3) is 0.586. The van der Waals surface area contributed by atoms with Crippen LogP contribution >= 0.6 is 0 Å². The van der Waals surface area contributed by atoms with Crippen molar-refractivity contribution < 1.29 is 23.1 Å². The van der Waals surface area contributed by atoms with E-state index < -0.39 is 16.1 Å². The lowest BCUT2D eigenvalue weighted by molar-refractivity contribution is 0.126. The minimum Gasteiger partial charge on any atom is -0.493 e. The van der Waals surface area contributed by atoms with Crippen LogP contribution in [0, 0.1) is 12.8 Å². The van der Waals surface area contributed by atoms with Crippen LogP contribution in [0.1, 0.15) is 70.8 Å². The second kappa shape index (κ2) is 13.7. The molecule has 3 heterocycles. The van der Waals surface area contributed by atoms with Crippen LogP contribution in [0.25, 0.3) is 16.9 Å². The Morgan fingerprint density at radius 2 is 1.86 bits per heavy atom. The van der Waals surface area contributed by atoms with Gasteiger partial charge in [-0.25, -0.2) is 22.7 Å². The summed E-state index contributed by atoms with van der Waals surface area (Å²) in [5.41, 5.74) is 0.941. The highest BCUT2D eigenvalue weighted by atomic mass is 32.2. The van der Waals surface area contributed by atoms with Gasteiger partial charge in [0, 0.05) is 32.6 Å². The number of rotatable bonds is 13. The number of H-pyrrole nitrogens is 1. The lowest BCUT2D eigenvalue weighted by atomic mass is 9.95. The molecule has 2 aromatic heterocycles. The first-order chi connectivity index (χ1) is 20.1. The van der Waals surface area contributed by atoms with Gasteiger partial charge < -0.3 is 19.7 Å². The molecule has 0 aliphatic carbocycles. The Labute approximate surface area is 246 Å². The molecule has 0 radical (unpaired) electrons. The molecule has 1 amide bonds. The summed E-state index contributed by atoms with van der Waals surface area (Å²) in [5.74, 6) is 1.70. The van der Waals surface area contributed by atoms with Crippen molar-refractivity contribution in [2.24, 2.45) is 5.92 Å². The summed E-state index contributed by atoms with van der Waals surface area (Å²) in [4.78, 5) is 33.4. The van der Waals surface area contributed by atoms with Crippen molar-refractivity contribution in [1.82, 2.24) is 28.8 Å². The van der Waals surface area contributed by atoms with Crippen molar-refractivity contribution in [3.63, 3.8) is 0 Å². The monoisotopic (exact) mass is 602 g/mol. The molecule has 230 valence electrons. The molecule has 1 aliphatic heterocycles. The van der Waals surface area contributed by atoms with Gasteiger partial charge >= 0.3 is 6.09 Å². The van der Waals surface area contributed by atoms with Crippen LogP contribution in [-0.4, -0.2) is 81.2 Å². The molecular weight excluding hydrogens is 560 g/mol. The number of aromatic nitrogens is 4. The maximum atomic E-state index is 13.6. The highest BCUT2D eigenvalue weighted by Gasteiger charge is 2.31. The van der Waals surface area contributed by atoms with E-state index in [2.05, 4.69) is 18.8 Å². The Kier molecular flexibility index (Phi) is 10.3. The fourth-order valence-electron chi connectivity index (χ4n) is 5.34. The minimum atomic E-state index is -3.95. The molecule has 0 spiro atoms. The number of benzene rings is 1. The molecule has 1 aliphatic rings. The van der Waals surface area contributed by atoms with Crippen molar-refractivity contribution in [3.05, 3.63) is 40.1 Å². The van der Waals surface area contributed by atoms with Gasteiger partial charge in [-0.3, -0.25) is 4.79 Å². The molecule has 1 aromatic carbocycles. The number of ether oxygens (including phenoxy) is 1. The topological polar surface area (TPSA) is 150 Å². The number of nitrogens with one attached hydrogen (secondary N) is 1. The second-order valence-corrected chi connectivity index (χ2v) is 12.8. The number of unbranched alkanes of at least 4 members (excludes halogenated alkanes) is 2. The molecule has 1 unspecified atom stereocenters. The van der Waals surface area contributed by atoms with Gasteiger partial charge in [0.15, 0.2) is 11.3 Å². The molecule has 0 bridgehead atoms. The fourth-order valence-corrected chi connectivity index (χ4v) is 6.79. The van der Waals surface area contributed by atoms with Crippen LogP contribution in [0.3, 0.4) is 0 Å². The smallest absolute Gasteiger partial charge is 0.407 e. The third-order valence-corrected chi connectivity index (χ3v) is 9.72. The van der Waals surface area contributed by atoms with Crippen molar-refractivity contribution in [1.29, 1.82) is 0 Å². The van der Waals surface area contributed by atoms with Crippen LogP contribution in [-0.2, 0) is 16.4 Å². The SMILES string of the molecule is CCCCCC(CC)Cc1nc(C)c2c(=O)[nH]c(-c3cc(S(=O)(=O)N4CCN(C(=O)O)CC4)ccc3OCCC)nn12. The summed E-state index contributed by atoms with van der Waals surface area (Å²) in [6.45, 7) is 8.77. The molecule has 13 heteroatoms. The number of amides is 1. The number of carboxylic acid groups (broad SMARTS) is 1. The standard InChI is InChI=1S/C29H42N6O6S/c1-5-8-9-10-21(7-3)18-25-30-20(4)26-28(36)31-27(32-35(25)26)23-19-22(11-12-24(23)41-17-6-2)42(39,40)34-15-13-33(14-16-34)29(37)38/h11-12,19,21H,5-10,13-18H2,1-4H3,(H,37,38)(H,31,32,36). The zero-order chi connectivity index (χ0) is 30.4. The molecule has 42 heavy (non-hydrogen) atoms. The Bertz CT molecular complexity index is 1560. The summed E-state index contributed by atoms with van der Waals surface area (Å²) in [7, 11) is -3.95. The Morgan fingerprint density at radius 3 is 2.50 bits per heavy atom. The molecule has 3 aromatic rings. The lowest BCUT2D eigenvalue weighted by Crippen LogP contribution is -2.50. The van der Waals surface area contributed by atoms with Gasteiger partial charge in [-0.1, -0.05) is 52.9 Å². The average Bonchev–Trinajstić information content (AvgIpc) is 3.30. The third kappa shape index (κ3) is 6.78. The van der Waals surface area contributed by atoms with Crippen molar-refractivity contribution in [2.45, 2.75) is 77.5 Å².